The van der Waals surface area contributed by atoms with Crippen LogP contribution in [0.3, 0.4) is 0 Å². The van der Waals surface area contributed by atoms with Gasteiger partial charge in [-0.2, -0.15) is 31.8 Å². The van der Waals surface area contributed by atoms with Crippen LogP contribution in [0.4, 0.5) is 43.0 Å². The third-order valence-electron chi connectivity index (χ3n) is 6.23. The van der Waals surface area contributed by atoms with Crippen LogP contribution in [0.1, 0.15) is 11.1 Å². The second-order valence-corrected chi connectivity index (χ2v) is 9.70. The van der Waals surface area contributed by atoms with E-state index in [9.17, 15) is 41.0 Å². The van der Waals surface area contributed by atoms with E-state index >= 15 is 0 Å². The van der Waals surface area contributed by atoms with Gasteiger partial charge in [0.2, 0.25) is 0 Å². The summed E-state index contributed by atoms with van der Waals surface area (Å²) >= 11 is 1.48. The number of anilines is 3. The molecule has 1 aliphatic rings. The zero-order valence-corrected chi connectivity index (χ0v) is 21.8. The number of amides is 1. The molecule has 4 rings (SSSR count). The number of rotatable bonds is 5. The maximum atomic E-state index is 14.0. The molecule has 0 bridgehead atoms. The van der Waals surface area contributed by atoms with E-state index in [0.717, 1.165) is 28.7 Å². The molecule has 0 spiro atoms. The largest absolute Gasteiger partial charge is 0.493 e. The third-order valence-corrected chi connectivity index (χ3v) is 7.06. The summed E-state index contributed by atoms with van der Waals surface area (Å²) in [7, 11) is 0. The van der Waals surface area contributed by atoms with E-state index in [1.54, 1.807) is 11.7 Å². The van der Waals surface area contributed by atoms with Gasteiger partial charge >= 0.3 is 18.3 Å². The summed E-state index contributed by atoms with van der Waals surface area (Å²) in [4.78, 5) is 43.2. The standard InChI is InChI=1S/C23H21F6N7O4S/c1-12-2-3-13(21(39,23(27,28)29)19(37)34-40-20(38)22(24,25)26)8-14(12)15-9-32-17(30)18(33-15)36-6-4-35(5-7-36)16-10-31-11-41-16/h2-3,8-11,39H,4-7H2,1H3,(H2,30,32)(H,34,37). The van der Waals surface area contributed by atoms with Gasteiger partial charge in [-0.25, -0.2) is 14.8 Å². The molecule has 1 amide bonds. The molecular formula is C23H21F6N7O4S. The fourth-order valence-corrected chi connectivity index (χ4v) is 4.71. The van der Waals surface area contributed by atoms with Gasteiger partial charge in [-0.3, -0.25) is 9.78 Å². The number of piperazine rings is 1. The van der Waals surface area contributed by atoms with Crippen molar-refractivity contribution in [3.63, 3.8) is 0 Å². The van der Waals surface area contributed by atoms with Crippen LogP contribution < -0.4 is 21.0 Å². The van der Waals surface area contributed by atoms with Crippen LogP contribution in [0, 0.1) is 6.92 Å². The second-order valence-electron chi connectivity index (χ2n) is 8.83. The van der Waals surface area contributed by atoms with Crippen LogP contribution in [0.5, 0.6) is 0 Å². The normalized spacial score (nSPS) is 15.8. The highest BCUT2D eigenvalue weighted by Gasteiger charge is 2.61. The lowest BCUT2D eigenvalue weighted by Crippen LogP contribution is -2.55. The summed E-state index contributed by atoms with van der Waals surface area (Å²) in [6.45, 7) is 3.71. The summed E-state index contributed by atoms with van der Waals surface area (Å²) in [5, 5.41) is 11.5. The molecule has 0 radical (unpaired) electrons. The second kappa shape index (κ2) is 11.0. The SMILES string of the molecule is Cc1ccc(C(O)(C(=O)NOC(=O)C(F)(F)F)C(F)(F)F)cc1-c1cnc(N)c(N2CCN(c3cncs3)CC2)n1. The van der Waals surface area contributed by atoms with Gasteiger partial charge in [0.15, 0.2) is 11.6 Å². The Morgan fingerprint density at radius 3 is 2.32 bits per heavy atom. The number of carbonyl (C=O) groups excluding carboxylic acids is 2. The van der Waals surface area contributed by atoms with Crippen LogP contribution in [0.2, 0.25) is 0 Å². The van der Waals surface area contributed by atoms with Gasteiger partial charge in [0.05, 0.1) is 23.6 Å². The van der Waals surface area contributed by atoms with E-state index in [-0.39, 0.29) is 22.9 Å². The molecule has 1 aliphatic heterocycles. The Labute approximate surface area is 231 Å². The Bertz CT molecular complexity index is 1430. The predicted octanol–water partition coefficient (Wildman–Crippen LogP) is 2.70. The molecule has 3 aromatic rings. The average Bonchev–Trinajstić information content (AvgIpc) is 3.46. The van der Waals surface area contributed by atoms with Gasteiger partial charge in [0.1, 0.15) is 5.00 Å². The molecule has 11 nitrogen and oxygen atoms in total. The number of halogens is 6. The minimum Gasteiger partial charge on any atom is -0.381 e. The van der Waals surface area contributed by atoms with Crippen molar-refractivity contribution in [2.45, 2.75) is 24.9 Å². The first-order chi connectivity index (χ1) is 19.1. The molecule has 1 saturated heterocycles. The topological polar surface area (TPSA) is 147 Å². The number of nitrogens with one attached hydrogen (secondary N) is 1. The Balaban J connectivity index is 1.64. The van der Waals surface area contributed by atoms with Crippen molar-refractivity contribution >= 4 is 39.9 Å². The van der Waals surface area contributed by atoms with Gasteiger partial charge in [0.25, 0.3) is 11.5 Å². The smallest absolute Gasteiger partial charge is 0.381 e. The molecule has 220 valence electrons. The molecule has 0 aliphatic carbocycles. The van der Waals surface area contributed by atoms with Crippen LogP contribution in [0.25, 0.3) is 11.3 Å². The first-order valence-electron chi connectivity index (χ1n) is 11.6. The Morgan fingerprint density at radius 1 is 1.07 bits per heavy atom. The highest BCUT2D eigenvalue weighted by atomic mass is 32.1. The van der Waals surface area contributed by atoms with E-state index in [1.165, 1.54) is 24.5 Å². The molecule has 1 aromatic carbocycles. The molecule has 41 heavy (non-hydrogen) atoms. The van der Waals surface area contributed by atoms with Gasteiger partial charge in [-0.15, -0.1) is 11.3 Å². The lowest BCUT2D eigenvalue weighted by molar-refractivity contribution is -0.262. The van der Waals surface area contributed by atoms with Crippen molar-refractivity contribution in [2.75, 3.05) is 41.7 Å². The molecule has 1 unspecified atom stereocenters. The summed E-state index contributed by atoms with van der Waals surface area (Å²) in [5.74, 6) is -5.14. The van der Waals surface area contributed by atoms with E-state index in [1.807, 2.05) is 4.90 Å². The van der Waals surface area contributed by atoms with Crippen LogP contribution in [-0.4, -0.2) is 70.5 Å². The summed E-state index contributed by atoms with van der Waals surface area (Å²) in [6.07, 6.45) is -8.42. The summed E-state index contributed by atoms with van der Waals surface area (Å²) in [5.41, 5.74) is 3.45. The summed E-state index contributed by atoms with van der Waals surface area (Å²) in [6, 6.07) is 2.68. The van der Waals surface area contributed by atoms with Crippen molar-refractivity contribution in [2.24, 2.45) is 0 Å². The number of aryl methyl sites for hydroxylation is 1. The zero-order chi connectivity index (χ0) is 30.2. The van der Waals surface area contributed by atoms with E-state index < -0.39 is 35.4 Å². The monoisotopic (exact) mass is 605 g/mol. The number of alkyl halides is 6. The van der Waals surface area contributed by atoms with Gasteiger partial charge < -0.3 is 25.5 Å². The number of carbonyl (C=O) groups is 2. The Hall–Kier alpha value is -4.19. The van der Waals surface area contributed by atoms with E-state index in [4.69, 9.17) is 5.73 Å². The minimum atomic E-state index is -5.75. The summed E-state index contributed by atoms with van der Waals surface area (Å²) < 4.78 is 79.1. The van der Waals surface area contributed by atoms with E-state index in [2.05, 4.69) is 24.7 Å². The molecule has 4 N–H and O–H groups in total. The van der Waals surface area contributed by atoms with Crippen molar-refractivity contribution in [3.8, 4) is 11.3 Å². The fraction of sp³-hybridized carbons (Fsp3) is 0.348. The predicted molar refractivity (Wildman–Crippen MR) is 133 cm³/mol. The van der Waals surface area contributed by atoms with Gasteiger partial charge in [0, 0.05) is 37.3 Å². The number of aliphatic hydroxyl groups is 1. The van der Waals surface area contributed by atoms with Crippen LogP contribution in [-0.2, 0) is 20.0 Å². The first kappa shape index (κ1) is 29.8. The Morgan fingerprint density at radius 2 is 1.73 bits per heavy atom. The van der Waals surface area contributed by atoms with E-state index in [0.29, 0.717) is 31.7 Å². The average molecular weight is 606 g/mol. The number of hydroxylamine groups is 1. The molecule has 3 heterocycles. The number of hydrogen-bond acceptors (Lipinski definition) is 11. The fourth-order valence-electron chi connectivity index (χ4n) is 4.03. The van der Waals surface area contributed by atoms with Crippen molar-refractivity contribution in [1.82, 2.24) is 20.4 Å². The van der Waals surface area contributed by atoms with Crippen molar-refractivity contribution < 1.29 is 45.9 Å². The molecule has 2 aromatic heterocycles. The lowest BCUT2D eigenvalue weighted by Gasteiger charge is -2.36. The number of nitrogens with two attached hydrogens (primary N) is 1. The number of nitrogens with zero attached hydrogens (tertiary/aromatic N) is 5. The van der Waals surface area contributed by atoms with Crippen molar-refractivity contribution in [1.29, 1.82) is 0 Å². The molecule has 1 fully saturated rings. The Kier molecular flexibility index (Phi) is 7.99. The number of aromatic nitrogens is 3. The number of hydrogen-bond donors (Lipinski definition) is 3. The molecule has 1 atom stereocenters. The highest BCUT2D eigenvalue weighted by molar-refractivity contribution is 7.13. The third kappa shape index (κ3) is 5.97. The van der Waals surface area contributed by atoms with Gasteiger partial charge in [-0.1, -0.05) is 12.1 Å². The quantitative estimate of drug-likeness (QED) is 0.293. The number of thiazole rings is 1. The minimum absolute atomic E-state index is 0.0160. The first-order valence-corrected chi connectivity index (χ1v) is 12.5. The number of nitrogen functional groups attached to an aromatic ring is 1. The maximum absolute atomic E-state index is 14.0. The van der Waals surface area contributed by atoms with Gasteiger partial charge in [-0.05, 0) is 18.6 Å². The zero-order valence-electron chi connectivity index (χ0n) is 21.0. The molecule has 0 saturated carbocycles. The van der Waals surface area contributed by atoms with Crippen molar-refractivity contribution in [3.05, 3.63) is 47.2 Å². The van der Waals surface area contributed by atoms with Crippen LogP contribution in [0.15, 0.2) is 36.1 Å². The highest BCUT2D eigenvalue weighted by Crippen LogP contribution is 2.41. The lowest BCUT2D eigenvalue weighted by atomic mass is 9.89. The maximum Gasteiger partial charge on any atom is 0.493 e. The number of benzene rings is 1. The van der Waals surface area contributed by atoms with Crippen LogP contribution >= 0.6 is 11.3 Å². The molecule has 18 heteroatoms. The molecular weight excluding hydrogens is 584 g/mol.